The standard InChI is InChI=1S/C13H19BrFNO/c1-3-4-12(9-17-2)16-8-10-5-6-11(15)7-13(10)14/h5-7,12,16H,3-4,8-9H2,1-2H3. The van der Waals surface area contributed by atoms with Gasteiger partial charge < -0.3 is 10.1 Å². The Morgan fingerprint density at radius 3 is 2.82 bits per heavy atom. The highest BCUT2D eigenvalue weighted by atomic mass is 79.9. The lowest BCUT2D eigenvalue weighted by atomic mass is 10.1. The summed E-state index contributed by atoms with van der Waals surface area (Å²) in [6.07, 6.45) is 2.19. The second-order valence-electron chi connectivity index (χ2n) is 4.06. The van der Waals surface area contributed by atoms with Gasteiger partial charge in [0.25, 0.3) is 0 Å². The maximum absolute atomic E-state index is 12.9. The molecule has 1 N–H and O–H groups in total. The first-order chi connectivity index (χ1) is 8.17. The topological polar surface area (TPSA) is 21.3 Å². The van der Waals surface area contributed by atoms with Gasteiger partial charge >= 0.3 is 0 Å². The predicted octanol–water partition coefficient (Wildman–Crippen LogP) is 3.49. The van der Waals surface area contributed by atoms with E-state index in [1.165, 1.54) is 12.1 Å². The molecular weight excluding hydrogens is 285 g/mol. The molecule has 0 aliphatic heterocycles. The zero-order valence-electron chi connectivity index (χ0n) is 10.3. The molecule has 0 saturated carbocycles. The lowest BCUT2D eigenvalue weighted by molar-refractivity contribution is 0.161. The summed E-state index contributed by atoms with van der Waals surface area (Å²) in [4.78, 5) is 0. The normalized spacial score (nSPS) is 12.7. The third kappa shape index (κ3) is 5.15. The third-order valence-corrected chi connectivity index (χ3v) is 3.34. The van der Waals surface area contributed by atoms with Crippen molar-refractivity contribution < 1.29 is 9.13 Å². The maximum atomic E-state index is 12.9. The number of hydrogen-bond acceptors (Lipinski definition) is 2. The van der Waals surface area contributed by atoms with Crippen molar-refractivity contribution in [3.05, 3.63) is 34.1 Å². The third-order valence-electron chi connectivity index (χ3n) is 2.60. The quantitative estimate of drug-likeness (QED) is 0.832. The van der Waals surface area contributed by atoms with Crippen molar-refractivity contribution >= 4 is 15.9 Å². The Bertz CT molecular complexity index is 340. The van der Waals surface area contributed by atoms with Crippen molar-refractivity contribution in [2.45, 2.75) is 32.4 Å². The van der Waals surface area contributed by atoms with Gasteiger partial charge in [-0.2, -0.15) is 0 Å². The summed E-state index contributed by atoms with van der Waals surface area (Å²) in [5.74, 6) is -0.220. The van der Waals surface area contributed by atoms with Gasteiger partial charge in [-0.05, 0) is 24.1 Å². The Morgan fingerprint density at radius 2 is 2.24 bits per heavy atom. The van der Waals surface area contributed by atoms with Gasteiger partial charge in [-0.15, -0.1) is 0 Å². The molecule has 1 aromatic carbocycles. The Labute approximate surface area is 111 Å². The average molecular weight is 304 g/mol. The highest BCUT2D eigenvalue weighted by Crippen LogP contribution is 2.18. The van der Waals surface area contributed by atoms with Crippen LogP contribution in [0.15, 0.2) is 22.7 Å². The molecule has 1 unspecified atom stereocenters. The maximum Gasteiger partial charge on any atom is 0.124 e. The molecule has 0 saturated heterocycles. The average Bonchev–Trinajstić information content (AvgIpc) is 2.28. The van der Waals surface area contributed by atoms with Crippen molar-refractivity contribution in [2.24, 2.45) is 0 Å². The van der Waals surface area contributed by atoms with Gasteiger partial charge in [-0.3, -0.25) is 0 Å². The van der Waals surface area contributed by atoms with E-state index in [4.69, 9.17) is 4.74 Å². The van der Waals surface area contributed by atoms with E-state index in [1.54, 1.807) is 13.2 Å². The van der Waals surface area contributed by atoms with Gasteiger partial charge in [-0.25, -0.2) is 4.39 Å². The van der Waals surface area contributed by atoms with Crippen LogP contribution in [0.3, 0.4) is 0 Å². The molecule has 0 aromatic heterocycles. The molecule has 0 fully saturated rings. The van der Waals surface area contributed by atoms with Crippen molar-refractivity contribution in [1.82, 2.24) is 5.32 Å². The SMILES string of the molecule is CCCC(COC)NCc1ccc(F)cc1Br. The number of nitrogens with one attached hydrogen (secondary N) is 1. The highest BCUT2D eigenvalue weighted by molar-refractivity contribution is 9.10. The van der Waals surface area contributed by atoms with E-state index in [2.05, 4.69) is 28.2 Å². The Kier molecular flexibility index (Phi) is 6.70. The van der Waals surface area contributed by atoms with Crippen LogP contribution in [0.25, 0.3) is 0 Å². The second kappa shape index (κ2) is 7.80. The summed E-state index contributed by atoms with van der Waals surface area (Å²) in [5.41, 5.74) is 1.06. The van der Waals surface area contributed by atoms with Crippen LogP contribution >= 0.6 is 15.9 Å². The molecule has 1 aromatic rings. The van der Waals surface area contributed by atoms with Gasteiger partial charge in [0.2, 0.25) is 0 Å². The molecule has 0 bridgehead atoms. The summed E-state index contributed by atoms with van der Waals surface area (Å²) in [6.45, 7) is 3.57. The van der Waals surface area contributed by atoms with Crippen LogP contribution in [-0.2, 0) is 11.3 Å². The van der Waals surface area contributed by atoms with Crippen molar-refractivity contribution in [1.29, 1.82) is 0 Å². The Morgan fingerprint density at radius 1 is 1.47 bits per heavy atom. The van der Waals surface area contributed by atoms with E-state index in [0.717, 1.165) is 29.4 Å². The summed E-state index contributed by atoms with van der Waals surface area (Å²) >= 11 is 3.36. The lowest BCUT2D eigenvalue weighted by Crippen LogP contribution is -2.32. The highest BCUT2D eigenvalue weighted by Gasteiger charge is 2.08. The molecule has 4 heteroatoms. The zero-order chi connectivity index (χ0) is 12.7. The fraction of sp³-hybridized carbons (Fsp3) is 0.538. The lowest BCUT2D eigenvalue weighted by Gasteiger charge is -2.17. The zero-order valence-corrected chi connectivity index (χ0v) is 11.9. The molecule has 2 nitrogen and oxygen atoms in total. The monoisotopic (exact) mass is 303 g/mol. The van der Waals surface area contributed by atoms with Crippen LogP contribution < -0.4 is 5.32 Å². The first-order valence-electron chi connectivity index (χ1n) is 5.83. The van der Waals surface area contributed by atoms with E-state index in [1.807, 2.05) is 0 Å². The van der Waals surface area contributed by atoms with Gasteiger partial charge in [0.05, 0.1) is 6.61 Å². The molecule has 0 heterocycles. The van der Waals surface area contributed by atoms with Gasteiger partial charge in [0.15, 0.2) is 0 Å². The number of hydrogen-bond donors (Lipinski definition) is 1. The smallest absolute Gasteiger partial charge is 0.124 e. The number of halogens is 2. The first-order valence-corrected chi connectivity index (χ1v) is 6.63. The largest absolute Gasteiger partial charge is 0.383 e. The number of methoxy groups -OCH3 is 1. The van der Waals surface area contributed by atoms with Crippen LogP contribution in [0.5, 0.6) is 0 Å². The van der Waals surface area contributed by atoms with Crippen molar-refractivity contribution in [3.63, 3.8) is 0 Å². The molecule has 0 aliphatic carbocycles. The molecule has 0 aliphatic rings. The predicted molar refractivity (Wildman–Crippen MR) is 71.5 cm³/mol. The van der Waals surface area contributed by atoms with E-state index >= 15 is 0 Å². The molecule has 96 valence electrons. The van der Waals surface area contributed by atoms with E-state index in [0.29, 0.717) is 12.6 Å². The molecule has 0 amide bonds. The van der Waals surface area contributed by atoms with Crippen LogP contribution in [-0.4, -0.2) is 19.8 Å². The van der Waals surface area contributed by atoms with Crippen LogP contribution in [0, 0.1) is 5.82 Å². The number of rotatable bonds is 7. The Hall–Kier alpha value is -0.450. The van der Waals surface area contributed by atoms with E-state index in [-0.39, 0.29) is 5.82 Å². The fourth-order valence-electron chi connectivity index (χ4n) is 1.71. The van der Waals surface area contributed by atoms with Gasteiger partial charge in [-0.1, -0.05) is 35.3 Å². The van der Waals surface area contributed by atoms with E-state index in [9.17, 15) is 4.39 Å². The summed E-state index contributed by atoms with van der Waals surface area (Å²) in [5, 5.41) is 3.42. The molecule has 17 heavy (non-hydrogen) atoms. The van der Waals surface area contributed by atoms with E-state index < -0.39 is 0 Å². The summed E-state index contributed by atoms with van der Waals surface area (Å²) < 4.78 is 18.9. The summed E-state index contributed by atoms with van der Waals surface area (Å²) in [6, 6.07) is 5.11. The molecular formula is C13H19BrFNO. The minimum Gasteiger partial charge on any atom is -0.383 e. The fourth-order valence-corrected chi connectivity index (χ4v) is 2.20. The minimum absolute atomic E-state index is 0.220. The first kappa shape index (κ1) is 14.6. The summed E-state index contributed by atoms with van der Waals surface area (Å²) in [7, 11) is 1.71. The van der Waals surface area contributed by atoms with Crippen LogP contribution in [0.4, 0.5) is 4.39 Å². The molecule has 0 spiro atoms. The number of ether oxygens (including phenoxy) is 1. The molecule has 1 rings (SSSR count). The molecule has 1 atom stereocenters. The van der Waals surface area contributed by atoms with Gasteiger partial charge in [0, 0.05) is 24.2 Å². The minimum atomic E-state index is -0.220. The van der Waals surface area contributed by atoms with Crippen LogP contribution in [0.2, 0.25) is 0 Å². The van der Waals surface area contributed by atoms with Crippen LogP contribution in [0.1, 0.15) is 25.3 Å². The van der Waals surface area contributed by atoms with Crippen molar-refractivity contribution in [3.8, 4) is 0 Å². The number of benzene rings is 1. The van der Waals surface area contributed by atoms with Gasteiger partial charge in [0.1, 0.15) is 5.82 Å². The second-order valence-corrected chi connectivity index (χ2v) is 4.91. The van der Waals surface area contributed by atoms with Crippen molar-refractivity contribution in [2.75, 3.05) is 13.7 Å². The Balaban J connectivity index is 2.52. The molecule has 0 radical (unpaired) electrons.